The summed E-state index contributed by atoms with van der Waals surface area (Å²) < 4.78 is 1.89. The summed E-state index contributed by atoms with van der Waals surface area (Å²) >= 11 is 0. The van der Waals surface area contributed by atoms with Gasteiger partial charge in [0.05, 0.1) is 6.33 Å². The minimum Gasteiger partial charge on any atom is -0.480 e. The molecule has 0 aliphatic heterocycles. The molecule has 1 atom stereocenters. The summed E-state index contributed by atoms with van der Waals surface area (Å²) in [5.74, 6) is -1.31. The van der Waals surface area contributed by atoms with Crippen LogP contribution in [-0.2, 0) is 9.59 Å². The summed E-state index contributed by atoms with van der Waals surface area (Å²) in [6, 6.07) is 0.0112. The van der Waals surface area contributed by atoms with Crippen LogP contribution in [0.15, 0.2) is 18.7 Å². The summed E-state index contributed by atoms with van der Waals surface area (Å²) in [4.78, 5) is 26.9. The number of hydrogen-bond acceptors (Lipinski definition) is 3. The summed E-state index contributed by atoms with van der Waals surface area (Å²) in [5, 5.41) is 11.5. The van der Waals surface area contributed by atoms with Gasteiger partial charge in [-0.1, -0.05) is 13.3 Å². The number of carboxylic acid groups (broad SMARTS) is 1. The van der Waals surface area contributed by atoms with E-state index in [9.17, 15) is 9.59 Å². The first-order chi connectivity index (χ1) is 8.86. The molecule has 0 spiro atoms. The van der Waals surface area contributed by atoms with Gasteiger partial charge in [0.1, 0.15) is 5.54 Å². The molecule has 0 saturated heterocycles. The van der Waals surface area contributed by atoms with Gasteiger partial charge in [0, 0.05) is 24.9 Å². The van der Waals surface area contributed by atoms with Crippen molar-refractivity contribution in [3.8, 4) is 0 Å². The smallest absolute Gasteiger partial charge is 0.328 e. The molecule has 0 bridgehead atoms. The number of amides is 1. The second-order valence-corrected chi connectivity index (χ2v) is 5.13. The third-order valence-corrected chi connectivity index (χ3v) is 2.98. The normalized spacial score (nSPS) is 13.0. The molecule has 1 aromatic rings. The van der Waals surface area contributed by atoms with Crippen molar-refractivity contribution in [3.63, 3.8) is 0 Å². The van der Waals surface area contributed by atoms with Crippen LogP contribution in [0.2, 0.25) is 0 Å². The molecule has 1 heterocycles. The Kier molecular flexibility index (Phi) is 5.09. The van der Waals surface area contributed by atoms with E-state index < -0.39 is 11.5 Å². The third-order valence-electron chi connectivity index (χ3n) is 2.98. The van der Waals surface area contributed by atoms with E-state index in [0.717, 1.165) is 12.8 Å². The molecule has 106 valence electrons. The molecule has 0 aromatic carbocycles. The van der Waals surface area contributed by atoms with Crippen LogP contribution in [0.1, 0.15) is 46.1 Å². The molecule has 0 radical (unpaired) electrons. The molecule has 1 amide bonds. The number of carbonyl (C=O) groups excluding carboxylic acids is 1. The first-order valence-corrected chi connectivity index (χ1v) is 6.38. The van der Waals surface area contributed by atoms with Gasteiger partial charge in [-0.2, -0.15) is 0 Å². The maximum atomic E-state index is 11.9. The second-order valence-electron chi connectivity index (χ2n) is 5.13. The van der Waals surface area contributed by atoms with Crippen LogP contribution < -0.4 is 5.32 Å². The van der Waals surface area contributed by atoms with Crippen molar-refractivity contribution in [1.29, 1.82) is 0 Å². The molecular weight excluding hydrogens is 246 g/mol. The Bertz CT molecular complexity index is 426. The van der Waals surface area contributed by atoms with Crippen molar-refractivity contribution < 1.29 is 14.7 Å². The first-order valence-electron chi connectivity index (χ1n) is 6.38. The van der Waals surface area contributed by atoms with Gasteiger partial charge in [0.2, 0.25) is 5.91 Å². The van der Waals surface area contributed by atoms with Crippen molar-refractivity contribution in [2.24, 2.45) is 0 Å². The summed E-state index contributed by atoms with van der Waals surface area (Å²) in [5.41, 5.74) is -1.25. The van der Waals surface area contributed by atoms with Crippen molar-refractivity contribution in [1.82, 2.24) is 14.9 Å². The Labute approximate surface area is 112 Å². The number of aliphatic carboxylic acids is 1. The lowest BCUT2D eigenvalue weighted by Crippen LogP contribution is -2.50. The molecule has 0 fully saturated rings. The van der Waals surface area contributed by atoms with E-state index in [1.807, 2.05) is 17.7 Å². The van der Waals surface area contributed by atoms with Gasteiger partial charge in [-0.3, -0.25) is 4.79 Å². The molecular formula is C13H21N3O3. The molecule has 1 rings (SSSR count). The predicted octanol–water partition coefficient (Wildman–Crippen LogP) is 1.59. The van der Waals surface area contributed by atoms with E-state index in [2.05, 4.69) is 10.3 Å². The van der Waals surface area contributed by atoms with Gasteiger partial charge in [0.25, 0.3) is 0 Å². The molecule has 2 N–H and O–H groups in total. The molecule has 1 unspecified atom stereocenters. The SMILES string of the molecule is CCCC(CC(=O)NC(C)(C)C(=O)O)n1ccnc1. The Morgan fingerprint density at radius 3 is 2.63 bits per heavy atom. The zero-order chi connectivity index (χ0) is 14.5. The Balaban J connectivity index is 2.65. The number of nitrogens with zero attached hydrogens (tertiary/aromatic N) is 2. The average molecular weight is 267 g/mol. The highest BCUT2D eigenvalue weighted by Gasteiger charge is 2.29. The van der Waals surface area contributed by atoms with E-state index in [0.29, 0.717) is 0 Å². The number of aromatic nitrogens is 2. The monoisotopic (exact) mass is 267 g/mol. The van der Waals surface area contributed by atoms with Crippen LogP contribution in [0.25, 0.3) is 0 Å². The molecule has 0 saturated carbocycles. The van der Waals surface area contributed by atoms with Gasteiger partial charge in [-0.25, -0.2) is 9.78 Å². The lowest BCUT2D eigenvalue weighted by Gasteiger charge is -2.23. The fourth-order valence-electron chi connectivity index (χ4n) is 1.84. The number of nitrogens with one attached hydrogen (secondary N) is 1. The lowest BCUT2D eigenvalue weighted by molar-refractivity contribution is -0.146. The van der Waals surface area contributed by atoms with Crippen LogP contribution in [0.3, 0.4) is 0 Å². The molecule has 0 aliphatic carbocycles. The van der Waals surface area contributed by atoms with E-state index in [-0.39, 0.29) is 18.4 Å². The number of carboxylic acids is 1. The number of imidazole rings is 1. The topological polar surface area (TPSA) is 84.2 Å². The molecule has 6 nitrogen and oxygen atoms in total. The minimum absolute atomic E-state index is 0.0112. The van der Waals surface area contributed by atoms with Crippen LogP contribution >= 0.6 is 0 Å². The minimum atomic E-state index is -1.25. The van der Waals surface area contributed by atoms with Crippen LogP contribution in [-0.4, -0.2) is 32.1 Å². The lowest BCUT2D eigenvalue weighted by atomic mass is 10.0. The highest BCUT2D eigenvalue weighted by Crippen LogP contribution is 2.18. The fourth-order valence-corrected chi connectivity index (χ4v) is 1.84. The predicted molar refractivity (Wildman–Crippen MR) is 70.6 cm³/mol. The van der Waals surface area contributed by atoms with Crippen molar-refractivity contribution in [3.05, 3.63) is 18.7 Å². The van der Waals surface area contributed by atoms with Gasteiger partial charge in [-0.05, 0) is 20.3 Å². The van der Waals surface area contributed by atoms with Crippen molar-refractivity contribution in [2.75, 3.05) is 0 Å². The van der Waals surface area contributed by atoms with Crippen LogP contribution in [0.5, 0.6) is 0 Å². The van der Waals surface area contributed by atoms with Gasteiger partial charge < -0.3 is 15.0 Å². The standard InChI is InChI=1S/C13H21N3O3/c1-4-5-10(16-7-6-14-9-16)8-11(17)15-13(2,3)12(18)19/h6-7,9-10H,4-5,8H2,1-3H3,(H,15,17)(H,18,19). The zero-order valence-corrected chi connectivity index (χ0v) is 11.6. The Hall–Kier alpha value is -1.85. The number of hydrogen-bond donors (Lipinski definition) is 2. The van der Waals surface area contributed by atoms with Crippen molar-refractivity contribution >= 4 is 11.9 Å². The van der Waals surface area contributed by atoms with Gasteiger partial charge >= 0.3 is 5.97 Å². The van der Waals surface area contributed by atoms with Crippen LogP contribution in [0.4, 0.5) is 0 Å². The second kappa shape index (κ2) is 6.36. The van der Waals surface area contributed by atoms with Gasteiger partial charge in [-0.15, -0.1) is 0 Å². The van der Waals surface area contributed by atoms with Gasteiger partial charge in [0.15, 0.2) is 0 Å². The van der Waals surface area contributed by atoms with E-state index in [4.69, 9.17) is 5.11 Å². The zero-order valence-electron chi connectivity index (χ0n) is 11.6. The quantitative estimate of drug-likeness (QED) is 0.785. The van der Waals surface area contributed by atoms with E-state index in [1.165, 1.54) is 13.8 Å². The summed E-state index contributed by atoms with van der Waals surface area (Å²) in [7, 11) is 0. The Morgan fingerprint density at radius 2 is 2.16 bits per heavy atom. The molecule has 19 heavy (non-hydrogen) atoms. The highest BCUT2D eigenvalue weighted by atomic mass is 16.4. The largest absolute Gasteiger partial charge is 0.480 e. The summed E-state index contributed by atoms with van der Waals surface area (Å²) in [6.07, 6.45) is 7.20. The first kappa shape index (κ1) is 15.2. The third kappa shape index (κ3) is 4.39. The highest BCUT2D eigenvalue weighted by molar-refractivity contribution is 5.86. The Morgan fingerprint density at radius 1 is 1.47 bits per heavy atom. The maximum Gasteiger partial charge on any atom is 0.328 e. The van der Waals surface area contributed by atoms with E-state index >= 15 is 0 Å². The maximum absolute atomic E-state index is 11.9. The number of rotatable bonds is 7. The average Bonchev–Trinajstić information content (AvgIpc) is 2.80. The summed E-state index contributed by atoms with van der Waals surface area (Å²) in [6.45, 7) is 4.99. The fraction of sp³-hybridized carbons (Fsp3) is 0.615. The van der Waals surface area contributed by atoms with Crippen molar-refractivity contribution in [2.45, 2.75) is 51.6 Å². The number of carbonyl (C=O) groups is 2. The molecule has 0 aliphatic rings. The van der Waals surface area contributed by atoms with E-state index in [1.54, 1.807) is 12.5 Å². The molecule has 6 heteroatoms. The molecule has 1 aromatic heterocycles. The van der Waals surface area contributed by atoms with Crippen LogP contribution in [0, 0.1) is 0 Å².